The first-order chi connectivity index (χ1) is 9.59. The molecule has 2 rings (SSSR count). The van der Waals surface area contributed by atoms with Gasteiger partial charge in [-0.25, -0.2) is 4.98 Å². The molecule has 0 aromatic carbocycles. The fourth-order valence-electron chi connectivity index (χ4n) is 1.76. The SMILES string of the molecule is [NH]C(=O)C(CSSc1ccccn1)N1C(=O)CCC1=O. The van der Waals surface area contributed by atoms with Crippen LogP contribution in [0.25, 0.3) is 0 Å². The number of rotatable bonds is 6. The summed E-state index contributed by atoms with van der Waals surface area (Å²) in [6, 6.07) is 4.46. The van der Waals surface area contributed by atoms with Crippen molar-refractivity contribution in [1.29, 1.82) is 0 Å². The van der Waals surface area contributed by atoms with E-state index in [0.29, 0.717) is 0 Å². The molecule has 1 saturated heterocycles. The first kappa shape index (κ1) is 14.9. The molecule has 1 radical (unpaired) electrons. The van der Waals surface area contributed by atoms with Crippen LogP contribution in [0, 0.1) is 0 Å². The summed E-state index contributed by atoms with van der Waals surface area (Å²) < 4.78 is 0. The van der Waals surface area contributed by atoms with Gasteiger partial charge in [-0.05, 0) is 22.9 Å². The molecule has 1 aromatic heterocycles. The first-order valence-electron chi connectivity index (χ1n) is 5.90. The first-order valence-corrected chi connectivity index (χ1v) is 8.22. The van der Waals surface area contributed by atoms with Gasteiger partial charge in [0.25, 0.3) is 5.91 Å². The van der Waals surface area contributed by atoms with E-state index in [2.05, 4.69) is 4.98 Å². The lowest BCUT2D eigenvalue weighted by Gasteiger charge is -2.22. The number of amides is 3. The van der Waals surface area contributed by atoms with E-state index in [-0.39, 0.29) is 30.4 Å². The van der Waals surface area contributed by atoms with Crippen molar-refractivity contribution in [3.05, 3.63) is 24.4 Å². The Kier molecular flexibility index (Phi) is 5.02. The van der Waals surface area contributed by atoms with Crippen molar-refractivity contribution in [2.45, 2.75) is 23.9 Å². The normalized spacial score (nSPS) is 16.5. The van der Waals surface area contributed by atoms with Gasteiger partial charge in [0.15, 0.2) is 0 Å². The van der Waals surface area contributed by atoms with Crippen LogP contribution < -0.4 is 5.73 Å². The van der Waals surface area contributed by atoms with Gasteiger partial charge in [0, 0.05) is 24.8 Å². The molecule has 0 bridgehead atoms. The Hall–Kier alpha value is -1.54. The molecule has 3 amide bonds. The molecule has 0 spiro atoms. The molecule has 20 heavy (non-hydrogen) atoms. The monoisotopic (exact) mass is 310 g/mol. The summed E-state index contributed by atoms with van der Waals surface area (Å²) in [4.78, 5) is 39.6. The van der Waals surface area contributed by atoms with Gasteiger partial charge in [-0.15, -0.1) is 0 Å². The van der Waals surface area contributed by atoms with E-state index >= 15 is 0 Å². The highest BCUT2D eigenvalue weighted by atomic mass is 33.1. The molecular weight excluding hydrogens is 298 g/mol. The second-order valence-corrected chi connectivity index (χ2v) is 6.43. The van der Waals surface area contributed by atoms with Gasteiger partial charge in [0.05, 0.1) is 0 Å². The number of hydrogen-bond donors (Lipinski definition) is 0. The Morgan fingerprint density at radius 3 is 2.60 bits per heavy atom. The molecule has 1 N–H and O–H groups in total. The number of carbonyl (C=O) groups is 3. The fraction of sp³-hybridized carbons (Fsp3) is 0.333. The number of pyridine rings is 1. The van der Waals surface area contributed by atoms with Crippen LogP contribution >= 0.6 is 21.6 Å². The van der Waals surface area contributed by atoms with Gasteiger partial charge in [-0.2, -0.15) is 0 Å². The van der Waals surface area contributed by atoms with E-state index in [1.54, 1.807) is 12.3 Å². The second kappa shape index (κ2) is 6.76. The molecule has 1 fully saturated rings. The third-order valence-corrected chi connectivity index (χ3v) is 4.97. The maximum atomic E-state index is 11.6. The van der Waals surface area contributed by atoms with Crippen LogP contribution in [0.2, 0.25) is 0 Å². The number of aromatic nitrogens is 1. The quantitative estimate of drug-likeness (QED) is 0.578. The van der Waals surface area contributed by atoms with E-state index in [0.717, 1.165) is 9.93 Å². The van der Waals surface area contributed by atoms with E-state index in [1.165, 1.54) is 21.6 Å². The van der Waals surface area contributed by atoms with Gasteiger partial charge in [0.2, 0.25) is 11.8 Å². The van der Waals surface area contributed by atoms with E-state index in [4.69, 9.17) is 5.73 Å². The minimum absolute atomic E-state index is 0.126. The Morgan fingerprint density at radius 2 is 2.05 bits per heavy atom. The Labute approximate surface area is 123 Å². The van der Waals surface area contributed by atoms with Crippen molar-refractivity contribution in [3.8, 4) is 0 Å². The molecule has 0 aliphatic carbocycles. The van der Waals surface area contributed by atoms with E-state index in [1.807, 2.05) is 12.1 Å². The number of likely N-dealkylation sites (tertiary alicyclic amines) is 1. The molecule has 6 nitrogen and oxygen atoms in total. The lowest BCUT2D eigenvalue weighted by Crippen LogP contribution is -2.46. The molecule has 1 aliphatic heterocycles. The smallest absolute Gasteiger partial charge is 0.262 e. The molecule has 1 aromatic rings. The Morgan fingerprint density at radius 1 is 1.35 bits per heavy atom. The molecule has 1 unspecified atom stereocenters. The molecular formula is C12H12N3O3S2. The molecule has 1 atom stereocenters. The summed E-state index contributed by atoms with van der Waals surface area (Å²) in [6.07, 6.45) is 1.91. The van der Waals surface area contributed by atoms with Gasteiger partial charge in [-0.3, -0.25) is 25.0 Å². The van der Waals surface area contributed by atoms with Crippen LogP contribution in [0.15, 0.2) is 29.4 Å². The maximum absolute atomic E-state index is 11.6. The van der Waals surface area contributed by atoms with Crippen molar-refractivity contribution in [2.75, 3.05) is 5.75 Å². The third-order valence-electron chi connectivity index (χ3n) is 2.71. The van der Waals surface area contributed by atoms with Crippen LogP contribution in [-0.4, -0.2) is 39.4 Å². The molecule has 0 saturated carbocycles. The highest BCUT2D eigenvalue weighted by Gasteiger charge is 2.38. The second-order valence-electron chi connectivity index (χ2n) is 4.07. The zero-order valence-corrected chi connectivity index (χ0v) is 12.1. The standard InChI is InChI=1S/C12H12N3O3S2/c13-12(18)8(15-10(16)4-5-11(15)17)7-19-20-9-3-1-2-6-14-9/h1-3,6,8,13H,4-5,7H2. The fourth-order valence-corrected chi connectivity index (χ4v) is 3.87. The number of nitrogens with one attached hydrogen (secondary N) is 1. The van der Waals surface area contributed by atoms with Crippen LogP contribution in [0.1, 0.15) is 12.8 Å². The van der Waals surface area contributed by atoms with Crippen LogP contribution in [0.3, 0.4) is 0 Å². The number of hydrogen-bond acceptors (Lipinski definition) is 6. The number of nitrogens with zero attached hydrogens (tertiary/aromatic N) is 2. The van der Waals surface area contributed by atoms with Crippen LogP contribution in [-0.2, 0) is 14.4 Å². The highest BCUT2D eigenvalue weighted by Crippen LogP contribution is 2.31. The summed E-state index contributed by atoms with van der Waals surface area (Å²) in [7, 11) is 2.65. The Bertz CT molecular complexity index is 508. The molecule has 105 valence electrons. The van der Waals surface area contributed by atoms with Crippen molar-refractivity contribution >= 4 is 39.3 Å². The van der Waals surface area contributed by atoms with Gasteiger partial charge < -0.3 is 0 Å². The molecule has 8 heteroatoms. The predicted molar refractivity (Wildman–Crippen MR) is 75.5 cm³/mol. The predicted octanol–water partition coefficient (Wildman–Crippen LogP) is 1.15. The minimum atomic E-state index is -1.00. The van der Waals surface area contributed by atoms with Gasteiger partial charge >= 0.3 is 0 Å². The van der Waals surface area contributed by atoms with Crippen molar-refractivity contribution in [2.24, 2.45) is 0 Å². The zero-order chi connectivity index (χ0) is 14.5. The summed E-state index contributed by atoms with van der Waals surface area (Å²) in [5.41, 5.74) is 7.24. The average Bonchev–Trinajstić information content (AvgIpc) is 2.76. The lowest BCUT2D eigenvalue weighted by atomic mass is 10.3. The van der Waals surface area contributed by atoms with Crippen LogP contribution in [0.5, 0.6) is 0 Å². The topological polar surface area (TPSA) is 91.1 Å². The summed E-state index contributed by atoms with van der Waals surface area (Å²) in [6.45, 7) is 0. The van der Waals surface area contributed by atoms with E-state index in [9.17, 15) is 14.4 Å². The number of imide groups is 1. The maximum Gasteiger partial charge on any atom is 0.262 e. The zero-order valence-electron chi connectivity index (χ0n) is 10.4. The van der Waals surface area contributed by atoms with Crippen LogP contribution in [0.4, 0.5) is 0 Å². The molecule has 2 heterocycles. The summed E-state index contributed by atoms with van der Waals surface area (Å²) in [5.74, 6) is -1.46. The largest absolute Gasteiger partial charge is 0.274 e. The minimum Gasteiger partial charge on any atom is -0.274 e. The summed E-state index contributed by atoms with van der Waals surface area (Å²) >= 11 is 0. The lowest BCUT2D eigenvalue weighted by molar-refractivity contribution is -0.145. The van der Waals surface area contributed by atoms with Gasteiger partial charge in [0.1, 0.15) is 11.1 Å². The highest BCUT2D eigenvalue weighted by molar-refractivity contribution is 8.76. The van der Waals surface area contributed by atoms with Crippen molar-refractivity contribution in [3.63, 3.8) is 0 Å². The summed E-state index contributed by atoms with van der Waals surface area (Å²) in [5, 5.41) is 0.771. The van der Waals surface area contributed by atoms with E-state index < -0.39 is 11.9 Å². The van der Waals surface area contributed by atoms with Crippen molar-refractivity contribution in [1.82, 2.24) is 15.6 Å². The number of carbonyl (C=O) groups excluding carboxylic acids is 3. The molecule has 1 aliphatic rings. The average molecular weight is 310 g/mol. The van der Waals surface area contributed by atoms with Gasteiger partial charge in [-0.1, -0.05) is 16.9 Å². The Balaban J connectivity index is 1.95. The van der Waals surface area contributed by atoms with Crippen molar-refractivity contribution < 1.29 is 14.4 Å². The third kappa shape index (κ3) is 3.51.